The van der Waals surface area contributed by atoms with Gasteiger partial charge in [-0.05, 0) is 56.4 Å². The first kappa shape index (κ1) is 56.0. The van der Waals surface area contributed by atoms with Gasteiger partial charge in [0.05, 0.1) is 25.3 Å². The van der Waals surface area contributed by atoms with Gasteiger partial charge >= 0.3 is 0 Å². The average Bonchev–Trinajstić information content (AvgIpc) is 3.83. The van der Waals surface area contributed by atoms with Crippen molar-refractivity contribution in [3.8, 4) is 0 Å². The van der Waals surface area contributed by atoms with Crippen LogP contribution in [0.5, 0.6) is 0 Å². The van der Waals surface area contributed by atoms with E-state index in [0.29, 0.717) is 56.9 Å². The maximum absolute atomic E-state index is 15.1. The van der Waals surface area contributed by atoms with Gasteiger partial charge in [0.2, 0.25) is 41.2 Å². The molecule has 3 aliphatic rings. The average molecular weight is 984 g/mol. The molecule has 0 bridgehead atoms. The molecule has 2 saturated carbocycles. The van der Waals surface area contributed by atoms with Crippen LogP contribution < -0.4 is 32.3 Å². The van der Waals surface area contributed by atoms with E-state index in [-0.39, 0.29) is 50.0 Å². The second-order valence-corrected chi connectivity index (χ2v) is 19.5. The first-order valence-electron chi connectivity index (χ1n) is 26.1. The van der Waals surface area contributed by atoms with Crippen LogP contribution in [0.25, 0.3) is 0 Å². The molecule has 71 heavy (non-hydrogen) atoms. The highest BCUT2D eigenvalue weighted by atomic mass is 16.5. The van der Waals surface area contributed by atoms with Crippen LogP contribution in [0.4, 0.5) is 0 Å². The molecule has 0 spiro atoms. The lowest BCUT2D eigenvalue weighted by Gasteiger charge is -2.37. The fourth-order valence-corrected chi connectivity index (χ4v) is 10.2. The molecular formula is C54H77N7O10. The fraction of sp³-hybridized carbons (Fsp3) is 0.611. The summed E-state index contributed by atoms with van der Waals surface area (Å²) in [6.45, 7) is 5.23. The van der Waals surface area contributed by atoms with Gasteiger partial charge in [-0.3, -0.25) is 43.2 Å². The van der Waals surface area contributed by atoms with E-state index in [1.54, 1.807) is 31.2 Å². The number of carbonyl (C=O) groups excluding carboxylic acids is 9. The minimum absolute atomic E-state index is 0.0303. The molecule has 8 atom stereocenters. The van der Waals surface area contributed by atoms with Crippen molar-refractivity contribution in [2.45, 2.75) is 179 Å². The molecule has 7 N–H and O–H groups in total. The second kappa shape index (κ2) is 28.8. The van der Waals surface area contributed by atoms with Gasteiger partial charge in [0.25, 0.3) is 5.91 Å². The van der Waals surface area contributed by atoms with Crippen molar-refractivity contribution < 1.29 is 47.9 Å². The molecule has 388 valence electrons. The van der Waals surface area contributed by atoms with E-state index >= 15 is 4.79 Å². The summed E-state index contributed by atoms with van der Waals surface area (Å²) in [4.78, 5) is 125. The Bertz CT molecular complexity index is 2120. The largest absolute Gasteiger partial charge is 0.372 e. The van der Waals surface area contributed by atoms with Crippen LogP contribution in [0, 0.1) is 17.8 Å². The van der Waals surface area contributed by atoms with Crippen molar-refractivity contribution in [2.75, 3.05) is 13.1 Å². The van der Waals surface area contributed by atoms with Crippen LogP contribution in [-0.2, 0) is 49.7 Å². The van der Waals surface area contributed by atoms with E-state index in [4.69, 9.17) is 10.5 Å². The smallest absolute Gasteiger partial charge is 0.290 e. The summed E-state index contributed by atoms with van der Waals surface area (Å²) in [5, 5.41) is 13.4. The van der Waals surface area contributed by atoms with E-state index in [1.165, 1.54) is 4.90 Å². The van der Waals surface area contributed by atoms with Crippen molar-refractivity contribution in [3.63, 3.8) is 0 Å². The second-order valence-electron chi connectivity index (χ2n) is 19.5. The molecule has 0 radical (unpaired) electrons. The lowest BCUT2D eigenvalue weighted by Crippen LogP contribution is -2.59. The summed E-state index contributed by atoms with van der Waals surface area (Å²) in [6.07, 6.45) is 10.0. The highest BCUT2D eigenvalue weighted by molar-refractivity contribution is 6.38. The Hall–Kier alpha value is -5.97. The SMILES string of the molecule is CCCCC(NC(=O)C(CCCC)NC(=O)CNC(=O)C(=O)C(CCC)NC(=O)[C@@H]1C[C@@H](OCc2ccccc2)CN1C(=O)C(NC(=O)C1CCCC[C@@H]1C(=O)c1ccccc1)C1CCCCC1)C(N)=O. The molecule has 3 fully saturated rings. The van der Waals surface area contributed by atoms with Gasteiger partial charge in [-0.2, -0.15) is 0 Å². The van der Waals surface area contributed by atoms with Crippen molar-refractivity contribution in [3.05, 3.63) is 71.8 Å². The van der Waals surface area contributed by atoms with Crippen LogP contribution in [0.15, 0.2) is 60.7 Å². The maximum Gasteiger partial charge on any atom is 0.290 e. The minimum atomic E-state index is -1.31. The van der Waals surface area contributed by atoms with Crippen molar-refractivity contribution in [2.24, 2.45) is 23.5 Å². The standard InChI is InChI=1S/C54H77N7O10/c1-4-7-29-42(49(55)65)59-51(67)43(30-8-5-2)57-45(62)32-56-53(69)48(64)41(20-6-3)58-52(68)44-31-38(71-34-35-21-12-9-13-22-35)33-61(44)54(70)46(36-23-14-10-15-24-36)60-50(66)40-28-19-18-27-39(40)47(63)37-25-16-11-17-26-37/h9,11-13,16-17,21-22,25-26,36,38-44,46H,4-8,10,14-15,18-20,23-24,27-34H2,1-3H3,(H2,55,65)(H,56,69)(H,57,62)(H,58,68)(H,59,67)(H,60,66)/t38-,39+,40?,41?,42?,43?,44+,46?/m1/s1. The summed E-state index contributed by atoms with van der Waals surface area (Å²) in [5.41, 5.74) is 6.95. The third-order valence-corrected chi connectivity index (χ3v) is 14.2. The molecule has 5 unspecified atom stereocenters. The first-order valence-corrected chi connectivity index (χ1v) is 26.1. The van der Waals surface area contributed by atoms with Crippen LogP contribution in [0.1, 0.15) is 152 Å². The Morgan fingerprint density at radius 2 is 1.28 bits per heavy atom. The number of primary amides is 1. The first-order chi connectivity index (χ1) is 34.3. The molecule has 2 aromatic carbocycles. The number of rotatable bonds is 27. The zero-order valence-corrected chi connectivity index (χ0v) is 41.9. The summed E-state index contributed by atoms with van der Waals surface area (Å²) < 4.78 is 6.32. The molecule has 17 heteroatoms. The number of hydrogen-bond acceptors (Lipinski definition) is 10. The van der Waals surface area contributed by atoms with E-state index in [1.807, 2.05) is 50.2 Å². The monoisotopic (exact) mass is 984 g/mol. The molecule has 1 saturated heterocycles. The molecule has 5 rings (SSSR count). The van der Waals surface area contributed by atoms with E-state index < -0.39 is 95.9 Å². The number of unbranched alkanes of at least 4 members (excludes halogenated alkanes) is 2. The van der Waals surface area contributed by atoms with Crippen LogP contribution in [0.3, 0.4) is 0 Å². The Balaban J connectivity index is 1.31. The summed E-state index contributed by atoms with van der Waals surface area (Å²) in [7, 11) is 0. The molecule has 1 aliphatic heterocycles. The number of hydrogen-bond donors (Lipinski definition) is 6. The number of nitrogens with two attached hydrogens (primary N) is 1. The number of amides is 7. The predicted octanol–water partition coefficient (Wildman–Crippen LogP) is 4.73. The maximum atomic E-state index is 15.1. The lowest BCUT2D eigenvalue weighted by atomic mass is 9.74. The van der Waals surface area contributed by atoms with Gasteiger partial charge in [-0.1, -0.05) is 146 Å². The van der Waals surface area contributed by atoms with Gasteiger partial charge in [0, 0.05) is 30.4 Å². The highest BCUT2D eigenvalue weighted by Gasteiger charge is 2.46. The molecule has 7 amide bonds. The van der Waals surface area contributed by atoms with Crippen molar-refractivity contribution >= 4 is 52.9 Å². The molecule has 2 aromatic rings. The Morgan fingerprint density at radius 1 is 0.662 bits per heavy atom. The predicted molar refractivity (Wildman–Crippen MR) is 267 cm³/mol. The topological polar surface area (TPSA) is 252 Å². The molecule has 17 nitrogen and oxygen atoms in total. The number of likely N-dealkylation sites (tertiary alicyclic amines) is 1. The van der Waals surface area contributed by atoms with Gasteiger partial charge in [-0.15, -0.1) is 0 Å². The van der Waals surface area contributed by atoms with Gasteiger partial charge in [-0.25, -0.2) is 0 Å². The van der Waals surface area contributed by atoms with Crippen molar-refractivity contribution in [1.82, 2.24) is 31.5 Å². The number of nitrogens with one attached hydrogen (secondary N) is 5. The van der Waals surface area contributed by atoms with E-state index in [9.17, 15) is 38.4 Å². The fourth-order valence-electron chi connectivity index (χ4n) is 10.2. The summed E-state index contributed by atoms with van der Waals surface area (Å²) in [5.74, 6) is -7.11. The number of nitrogens with zero attached hydrogens (tertiary/aromatic N) is 1. The number of Topliss-reactive ketones (excluding diaryl/α,β-unsaturated/α-hetero) is 2. The summed E-state index contributed by atoms with van der Waals surface area (Å²) in [6, 6.07) is 13.1. The molecule has 1 heterocycles. The molecule has 0 aromatic heterocycles. The van der Waals surface area contributed by atoms with Gasteiger partial charge in [0.15, 0.2) is 5.78 Å². The summed E-state index contributed by atoms with van der Waals surface area (Å²) >= 11 is 0. The molecule has 2 aliphatic carbocycles. The van der Waals surface area contributed by atoms with Crippen LogP contribution in [-0.4, -0.2) is 107 Å². The quantitative estimate of drug-likeness (QED) is 0.0530. The third-order valence-electron chi connectivity index (χ3n) is 14.2. The number of ether oxygens (including phenoxy) is 1. The molecular weight excluding hydrogens is 907 g/mol. The number of benzene rings is 2. The van der Waals surface area contributed by atoms with Crippen LogP contribution in [0.2, 0.25) is 0 Å². The van der Waals surface area contributed by atoms with Gasteiger partial charge < -0.3 is 42.0 Å². The third kappa shape index (κ3) is 16.5. The normalized spacial score (nSPS) is 20.9. The van der Waals surface area contributed by atoms with Gasteiger partial charge in [0.1, 0.15) is 24.2 Å². The zero-order chi connectivity index (χ0) is 51.3. The number of ketones is 2. The highest BCUT2D eigenvalue weighted by Crippen LogP contribution is 2.35. The number of carbonyl (C=O) groups is 9. The lowest BCUT2D eigenvalue weighted by molar-refractivity contribution is -0.145. The van der Waals surface area contributed by atoms with E-state index in [2.05, 4.69) is 26.6 Å². The van der Waals surface area contributed by atoms with E-state index in [0.717, 1.165) is 50.5 Å². The minimum Gasteiger partial charge on any atom is -0.372 e. The zero-order valence-electron chi connectivity index (χ0n) is 41.9. The Kier molecular flexibility index (Phi) is 22.7. The van der Waals surface area contributed by atoms with Crippen molar-refractivity contribution in [1.29, 1.82) is 0 Å². The van der Waals surface area contributed by atoms with Crippen LogP contribution >= 0.6 is 0 Å². The Morgan fingerprint density at radius 3 is 1.92 bits per heavy atom. The Labute approximate surface area is 418 Å².